The third-order valence-electron chi connectivity index (χ3n) is 2.71. The quantitative estimate of drug-likeness (QED) is 0.750. The highest BCUT2D eigenvalue weighted by Crippen LogP contribution is 2.27. The molecular formula is C12H14N2O3. The van der Waals surface area contributed by atoms with Gasteiger partial charge in [0.05, 0.1) is 13.5 Å². The fourth-order valence-corrected chi connectivity index (χ4v) is 1.85. The molecule has 0 aliphatic heterocycles. The summed E-state index contributed by atoms with van der Waals surface area (Å²) in [6.45, 7) is 0. The van der Waals surface area contributed by atoms with Gasteiger partial charge < -0.3 is 20.6 Å². The van der Waals surface area contributed by atoms with E-state index in [1.165, 1.54) is 0 Å². The van der Waals surface area contributed by atoms with Crippen molar-refractivity contribution in [1.29, 1.82) is 0 Å². The number of fused-ring (bicyclic) bond motifs is 1. The zero-order valence-electron chi connectivity index (χ0n) is 9.43. The van der Waals surface area contributed by atoms with Crippen molar-refractivity contribution in [3.05, 3.63) is 30.0 Å². The molecule has 0 spiro atoms. The van der Waals surface area contributed by atoms with E-state index in [0.717, 1.165) is 22.2 Å². The van der Waals surface area contributed by atoms with Gasteiger partial charge in [-0.15, -0.1) is 0 Å². The maximum absolute atomic E-state index is 10.6. The summed E-state index contributed by atoms with van der Waals surface area (Å²) >= 11 is 0. The molecule has 0 radical (unpaired) electrons. The minimum Gasteiger partial charge on any atom is -0.497 e. The smallest absolute Gasteiger partial charge is 0.305 e. The van der Waals surface area contributed by atoms with E-state index < -0.39 is 12.0 Å². The third-order valence-corrected chi connectivity index (χ3v) is 2.71. The largest absolute Gasteiger partial charge is 0.497 e. The molecular weight excluding hydrogens is 220 g/mol. The van der Waals surface area contributed by atoms with Crippen molar-refractivity contribution in [3.8, 4) is 5.75 Å². The molecule has 5 heteroatoms. The van der Waals surface area contributed by atoms with Crippen LogP contribution in [0.5, 0.6) is 5.75 Å². The van der Waals surface area contributed by atoms with Crippen LogP contribution in [0.25, 0.3) is 10.9 Å². The molecule has 0 saturated heterocycles. The molecule has 0 bridgehead atoms. The van der Waals surface area contributed by atoms with Crippen molar-refractivity contribution in [3.63, 3.8) is 0 Å². The summed E-state index contributed by atoms with van der Waals surface area (Å²) in [4.78, 5) is 13.7. The summed E-state index contributed by atoms with van der Waals surface area (Å²) in [5, 5.41) is 9.64. The minimum absolute atomic E-state index is 0.0931. The van der Waals surface area contributed by atoms with Gasteiger partial charge in [0.1, 0.15) is 5.75 Å². The molecule has 5 nitrogen and oxygen atoms in total. The minimum atomic E-state index is -0.908. The van der Waals surface area contributed by atoms with E-state index in [2.05, 4.69) is 4.98 Å². The second kappa shape index (κ2) is 4.47. The first-order chi connectivity index (χ1) is 8.11. The lowest BCUT2D eigenvalue weighted by Crippen LogP contribution is -2.14. The Labute approximate surface area is 98.2 Å². The fraction of sp³-hybridized carbons (Fsp3) is 0.250. The van der Waals surface area contributed by atoms with Gasteiger partial charge in [0, 0.05) is 23.1 Å². The molecule has 90 valence electrons. The number of hydrogen-bond acceptors (Lipinski definition) is 3. The molecule has 0 aliphatic carbocycles. The maximum atomic E-state index is 10.6. The molecule has 2 rings (SSSR count). The average Bonchev–Trinajstić information content (AvgIpc) is 2.70. The predicted octanol–water partition coefficient (Wildman–Crippen LogP) is 1.65. The Morgan fingerprint density at radius 2 is 2.35 bits per heavy atom. The fourth-order valence-electron chi connectivity index (χ4n) is 1.85. The molecule has 0 amide bonds. The van der Waals surface area contributed by atoms with Gasteiger partial charge >= 0.3 is 5.97 Å². The molecule has 4 N–H and O–H groups in total. The number of H-pyrrole nitrogens is 1. The number of ether oxygens (including phenoxy) is 1. The molecule has 2 aromatic rings. The highest BCUT2D eigenvalue weighted by atomic mass is 16.5. The first kappa shape index (κ1) is 11.5. The van der Waals surface area contributed by atoms with E-state index in [1.807, 2.05) is 18.2 Å². The maximum Gasteiger partial charge on any atom is 0.305 e. The highest BCUT2D eigenvalue weighted by molar-refractivity contribution is 5.85. The summed E-state index contributed by atoms with van der Waals surface area (Å²) in [7, 11) is 1.59. The molecule has 1 aromatic carbocycles. The Bertz CT molecular complexity index is 548. The Balaban J connectivity index is 2.43. The van der Waals surface area contributed by atoms with Crippen LogP contribution >= 0.6 is 0 Å². The van der Waals surface area contributed by atoms with Crippen molar-refractivity contribution in [1.82, 2.24) is 4.98 Å². The zero-order chi connectivity index (χ0) is 12.4. The highest BCUT2D eigenvalue weighted by Gasteiger charge is 2.15. The van der Waals surface area contributed by atoms with Gasteiger partial charge in [0.25, 0.3) is 0 Å². The number of carbonyl (C=O) groups is 1. The van der Waals surface area contributed by atoms with Crippen LogP contribution in [0.1, 0.15) is 18.0 Å². The van der Waals surface area contributed by atoms with Crippen LogP contribution in [0, 0.1) is 0 Å². The van der Waals surface area contributed by atoms with E-state index in [0.29, 0.717) is 0 Å². The van der Waals surface area contributed by atoms with Crippen molar-refractivity contribution >= 4 is 16.9 Å². The van der Waals surface area contributed by atoms with Crippen LogP contribution in [0.3, 0.4) is 0 Å². The van der Waals surface area contributed by atoms with E-state index in [1.54, 1.807) is 13.3 Å². The lowest BCUT2D eigenvalue weighted by molar-refractivity contribution is -0.137. The van der Waals surface area contributed by atoms with Gasteiger partial charge in [-0.25, -0.2) is 0 Å². The standard InChI is InChI=1S/C12H14N2O3/c1-17-7-2-3-11-8(4-7)9(6-14-11)10(13)5-12(15)16/h2-4,6,10,14H,5,13H2,1H3,(H,15,16). The number of carboxylic acid groups (broad SMARTS) is 1. The van der Waals surface area contributed by atoms with Crippen LogP contribution in [0.2, 0.25) is 0 Å². The number of methoxy groups -OCH3 is 1. The third kappa shape index (κ3) is 2.24. The second-order valence-electron chi connectivity index (χ2n) is 3.86. The zero-order valence-corrected chi connectivity index (χ0v) is 9.43. The summed E-state index contributed by atoms with van der Waals surface area (Å²) in [6.07, 6.45) is 1.65. The van der Waals surface area contributed by atoms with Gasteiger partial charge in [-0.2, -0.15) is 0 Å². The van der Waals surface area contributed by atoms with E-state index in [-0.39, 0.29) is 6.42 Å². The van der Waals surface area contributed by atoms with Gasteiger partial charge in [-0.3, -0.25) is 4.79 Å². The first-order valence-corrected chi connectivity index (χ1v) is 5.24. The number of rotatable bonds is 4. The number of nitrogens with one attached hydrogen (secondary N) is 1. The molecule has 0 fully saturated rings. The monoisotopic (exact) mass is 234 g/mol. The van der Waals surface area contributed by atoms with Crippen molar-refractivity contribution in [2.75, 3.05) is 7.11 Å². The Kier molecular flexibility index (Phi) is 3.01. The number of hydrogen-bond donors (Lipinski definition) is 3. The van der Waals surface area contributed by atoms with Crippen molar-refractivity contribution in [2.45, 2.75) is 12.5 Å². The van der Waals surface area contributed by atoms with Crippen LogP contribution in [-0.4, -0.2) is 23.2 Å². The average molecular weight is 234 g/mol. The molecule has 0 aliphatic rings. The van der Waals surface area contributed by atoms with Crippen molar-refractivity contribution < 1.29 is 14.6 Å². The SMILES string of the molecule is COc1ccc2[nH]cc(C(N)CC(=O)O)c2c1. The molecule has 1 heterocycles. The van der Waals surface area contributed by atoms with Gasteiger partial charge in [-0.1, -0.05) is 0 Å². The van der Waals surface area contributed by atoms with Gasteiger partial charge in [-0.05, 0) is 23.8 Å². The lowest BCUT2D eigenvalue weighted by Gasteiger charge is -2.08. The van der Waals surface area contributed by atoms with Gasteiger partial charge in [0.15, 0.2) is 0 Å². The van der Waals surface area contributed by atoms with Crippen LogP contribution in [-0.2, 0) is 4.79 Å². The molecule has 1 aromatic heterocycles. The predicted molar refractivity (Wildman–Crippen MR) is 64.0 cm³/mol. The van der Waals surface area contributed by atoms with Crippen molar-refractivity contribution in [2.24, 2.45) is 5.73 Å². The Hall–Kier alpha value is -2.01. The summed E-state index contributed by atoms with van der Waals surface area (Å²) in [6, 6.07) is 5.05. The van der Waals surface area contributed by atoms with Crippen LogP contribution < -0.4 is 10.5 Å². The lowest BCUT2D eigenvalue weighted by atomic mass is 10.0. The number of benzene rings is 1. The van der Waals surface area contributed by atoms with Crippen LogP contribution in [0.15, 0.2) is 24.4 Å². The van der Waals surface area contributed by atoms with Crippen LogP contribution in [0.4, 0.5) is 0 Å². The summed E-state index contributed by atoms with van der Waals surface area (Å²) < 4.78 is 5.14. The molecule has 1 atom stereocenters. The normalized spacial score (nSPS) is 12.6. The van der Waals surface area contributed by atoms with Gasteiger partial charge in [0.2, 0.25) is 0 Å². The Morgan fingerprint density at radius 1 is 1.59 bits per heavy atom. The number of aromatic nitrogens is 1. The summed E-state index contributed by atoms with van der Waals surface area (Å²) in [5.41, 5.74) is 7.57. The number of nitrogens with two attached hydrogens (primary N) is 1. The molecule has 0 saturated carbocycles. The molecule has 17 heavy (non-hydrogen) atoms. The molecule has 1 unspecified atom stereocenters. The second-order valence-corrected chi connectivity index (χ2v) is 3.86. The van der Waals surface area contributed by atoms with E-state index >= 15 is 0 Å². The summed E-state index contributed by atoms with van der Waals surface area (Å²) in [5.74, 6) is -0.185. The Morgan fingerprint density at radius 3 is 3.00 bits per heavy atom. The van der Waals surface area contributed by atoms with E-state index in [4.69, 9.17) is 15.6 Å². The number of carboxylic acids is 1. The number of aromatic amines is 1. The topological polar surface area (TPSA) is 88.3 Å². The first-order valence-electron chi connectivity index (χ1n) is 5.24. The van der Waals surface area contributed by atoms with E-state index in [9.17, 15) is 4.79 Å². The number of aliphatic carboxylic acids is 1.